The van der Waals surface area contributed by atoms with Crippen LogP contribution in [0.15, 0.2) is 18.2 Å². The van der Waals surface area contributed by atoms with Gasteiger partial charge in [0.1, 0.15) is 0 Å². The van der Waals surface area contributed by atoms with E-state index in [9.17, 15) is 4.79 Å². The molecule has 1 aliphatic heterocycles. The zero-order valence-corrected chi connectivity index (χ0v) is 16.1. The number of nitrogens with zero attached hydrogens (tertiary/aromatic N) is 5. The molecule has 7 heteroatoms. The van der Waals surface area contributed by atoms with E-state index in [2.05, 4.69) is 47.6 Å². The molecule has 0 aliphatic carbocycles. The van der Waals surface area contributed by atoms with E-state index in [1.54, 1.807) is 4.52 Å². The smallest absolute Gasteiger partial charge is 0.222 e. The molecule has 1 atom stereocenters. The zero-order valence-electron chi connectivity index (χ0n) is 16.1. The predicted octanol–water partition coefficient (Wildman–Crippen LogP) is 2.81. The molecule has 7 nitrogen and oxygen atoms in total. The highest BCUT2D eigenvalue weighted by Gasteiger charge is 2.23. The van der Waals surface area contributed by atoms with Gasteiger partial charge in [0, 0.05) is 37.1 Å². The summed E-state index contributed by atoms with van der Waals surface area (Å²) < 4.78 is 7.55. The Morgan fingerprint density at radius 1 is 1.37 bits per heavy atom. The average molecular weight is 367 g/mol. The Kier molecular flexibility index (Phi) is 4.78. The predicted molar refractivity (Wildman–Crippen MR) is 102 cm³/mol. The number of carbonyl (C=O) groups is 1. The molecule has 2 aromatic heterocycles. The van der Waals surface area contributed by atoms with Gasteiger partial charge in [0.15, 0.2) is 5.65 Å². The number of aromatic nitrogens is 4. The van der Waals surface area contributed by atoms with E-state index in [0.29, 0.717) is 25.2 Å². The SMILES string of the molecule is CCC(=O)N(Cc1cc2ccc(C)c(C)c2n2nnnc12)CC1CCCO1. The lowest BCUT2D eigenvalue weighted by molar-refractivity contribution is -0.133. The van der Waals surface area contributed by atoms with Crippen molar-refractivity contribution in [2.24, 2.45) is 0 Å². The van der Waals surface area contributed by atoms with Gasteiger partial charge in [0.05, 0.1) is 11.6 Å². The fourth-order valence-corrected chi connectivity index (χ4v) is 3.84. The molecule has 0 bridgehead atoms. The van der Waals surface area contributed by atoms with Crippen LogP contribution < -0.4 is 0 Å². The van der Waals surface area contributed by atoms with Crippen molar-refractivity contribution in [3.8, 4) is 0 Å². The maximum Gasteiger partial charge on any atom is 0.222 e. The Bertz CT molecular complexity index is 991. The minimum absolute atomic E-state index is 0.122. The number of amides is 1. The molecule has 3 aromatic rings. The zero-order chi connectivity index (χ0) is 19.0. The van der Waals surface area contributed by atoms with Gasteiger partial charge < -0.3 is 9.64 Å². The molecule has 27 heavy (non-hydrogen) atoms. The first-order chi connectivity index (χ1) is 13.1. The number of tetrazole rings is 1. The molecule has 1 unspecified atom stereocenters. The van der Waals surface area contributed by atoms with Gasteiger partial charge in [-0.15, -0.1) is 5.10 Å². The van der Waals surface area contributed by atoms with Crippen LogP contribution in [-0.4, -0.2) is 50.1 Å². The molecule has 0 N–H and O–H groups in total. The second kappa shape index (κ2) is 7.23. The van der Waals surface area contributed by atoms with Crippen LogP contribution in [0.25, 0.3) is 16.6 Å². The molecular weight excluding hydrogens is 342 g/mol. The second-order valence-corrected chi connectivity index (χ2v) is 7.29. The van der Waals surface area contributed by atoms with Crippen LogP contribution in [-0.2, 0) is 16.1 Å². The Hall–Kier alpha value is -2.54. The van der Waals surface area contributed by atoms with E-state index >= 15 is 0 Å². The Labute approximate surface area is 158 Å². The average Bonchev–Trinajstić information content (AvgIpc) is 3.35. The summed E-state index contributed by atoms with van der Waals surface area (Å²) in [6, 6.07) is 6.31. The summed E-state index contributed by atoms with van der Waals surface area (Å²) in [6.45, 7) is 7.95. The number of fused-ring (bicyclic) bond motifs is 3. The molecule has 1 fully saturated rings. The molecule has 1 saturated heterocycles. The highest BCUT2D eigenvalue weighted by atomic mass is 16.5. The van der Waals surface area contributed by atoms with Gasteiger partial charge >= 0.3 is 0 Å². The van der Waals surface area contributed by atoms with Gasteiger partial charge in [0.2, 0.25) is 5.91 Å². The van der Waals surface area contributed by atoms with Crippen molar-refractivity contribution >= 4 is 22.5 Å². The van der Waals surface area contributed by atoms with E-state index < -0.39 is 0 Å². The molecule has 1 amide bonds. The molecular formula is C20H25N5O2. The van der Waals surface area contributed by atoms with Crippen LogP contribution in [0, 0.1) is 13.8 Å². The molecule has 1 aliphatic rings. The van der Waals surface area contributed by atoms with Crippen LogP contribution in [0.5, 0.6) is 0 Å². The number of carbonyl (C=O) groups excluding carboxylic acids is 1. The summed E-state index contributed by atoms with van der Waals surface area (Å²) in [5, 5.41) is 13.4. The fraction of sp³-hybridized carbons (Fsp3) is 0.500. The van der Waals surface area contributed by atoms with Crippen LogP contribution >= 0.6 is 0 Å². The van der Waals surface area contributed by atoms with Gasteiger partial charge in [0.25, 0.3) is 0 Å². The number of benzene rings is 1. The number of ether oxygens (including phenoxy) is 1. The second-order valence-electron chi connectivity index (χ2n) is 7.29. The first kappa shape index (κ1) is 17.9. The topological polar surface area (TPSA) is 72.6 Å². The van der Waals surface area contributed by atoms with Crippen molar-refractivity contribution in [3.63, 3.8) is 0 Å². The fourth-order valence-electron chi connectivity index (χ4n) is 3.84. The van der Waals surface area contributed by atoms with Gasteiger partial charge in [-0.1, -0.05) is 19.1 Å². The van der Waals surface area contributed by atoms with Gasteiger partial charge in [-0.05, 0) is 54.3 Å². The van der Waals surface area contributed by atoms with Crippen LogP contribution in [0.3, 0.4) is 0 Å². The summed E-state index contributed by atoms with van der Waals surface area (Å²) >= 11 is 0. The summed E-state index contributed by atoms with van der Waals surface area (Å²) in [5.74, 6) is 0.122. The van der Waals surface area contributed by atoms with Crippen molar-refractivity contribution in [1.29, 1.82) is 0 Å². The lowest BCUT2D eigenvalue weighted by Gasteiger charge is -2.25. The number of pyridine rings is 1. The molecule has 0 spiro atoms. The lowest BCUT2D eigenvalue weighted by Crippen LogP contribution is -2.36. The van der Waals surface area contributed by atoms with Crippen molar-refractivity contribution in [1.82, 2.24) is 24.9 Å². The Morgan fingerprint density at radius 2 is 2.22 bits per heavy atom. The van der Waals surface area contributed by atoms with Crippen molar-refractivity contribution in [3.05, 3.63) is 34.9 Å². The van der Waals surface area contributed by atoms with Crippen LogP contribution in [0.2, 0.25) is 0 Å². The third kappa shape index (κ3) is 3.27. The highest BCUT2D eigenvalue weighted by molar-refractivity contribution is 5.87. The molecule has 4 rings (SSSR count). The summed E-state index contributed by atoms with van der Waals surface area (Å²) in [4.78, 5) is 14.4. The third-order valence-electron chi connectivity index (χ3n) is 5.50. The van der Waals surface area contributed by atoms with Crippen molar-refractivity contribution in [2.45, 2.75) is 52.7 Å². The van der Waals surface area contributed by atoms with Gasteiger partial charge in [-0.3, -0.25) is 4.79 Å². The quantitative estimate of drug-likeness (QED) is 0.693. The highest BCUT2D eigenvalue weighted by Crippen LogP contribution is 2.26. The number of aryl methyl sites for hydroxylation is 2. The van der Waals surface area contributed by atoms with Gasteiger partial charge in [-0.25, -0.2) is 0 Å². The van der Waals surface area contributed by atoms with Gasteiger partial charge in [-0.2, -0.15) is 4.52 Å². The Balaban J connectivity index is 1.75. The summed E-state index contributed by atoms with van der Waals surface area (Å²) in [5.41, 5.74) is 5.05. The van der Waals surface area contributed by atoms with Crippen molar-refractivity contribution < 1.29 is 9.53 Å². The maximum atomic E-state index is 12.6. The van der Waals surface area contributed by atoms with E-state index in [-0.39, 0.29) is 12.0 Å². The van der Waals surface area contributed by atoms with Crippen molar-refractivity contribution in [2.75, 3.05) is 13.2 Å². The monoisotopic (exact) mass is 367 g/mol. The van der Waals surface area contributed by atoms with E-state index in [4.69, 9.17) is 4.74 Å². The molecule has 0 radical (unpaired) electrons. The van der Waals surface area contributed by atoms with E-state index in [1.807, 2.05) is 11.8 Å². The first-order valence-electron chi connectivity index (χ1n) is 9.57. The molecule has 1 aromatic carbocycles. The van der Waals surface area contributed by atoms with E-state index in [0.717, 1.165) is 41.5 Å². The number of hydrogen-bond donors (Lipinski definition) is 0. The van der Waals surface area contributed by atoms with E-state index in [1.165, 1.54) is 5.56 Å². The maximum absolute atomic E-state index is 12.6. The molecule has 3 heterocycles. The Morgan fingerprint density at radius 3 is 2.96 bits per heavy atom. The minimum atomic E-state index is 0.122. The number of rotatable bonds is 5. The normalized spacial score (nSPS) is 17.1. The van der Waals surface area contributed by atoms with Crippen LogP contribution in [0.4, 0.5) is 0 Å². The van der Waals surface area contributed by atoms with Crippen LogP contribution in [0.1, 0.15) is 42.9 Å². The summed E-state index contributed by atoms with van der Waals surface area (Å²) in [6.07, 6.45) is 2.66. The third-order valence-corrected chi connectivity index (χ3v) is 5.50. The minimum Gasteiger partial charge on any atom is -0.376 e. The first-order valence-corrected chi connectivity index (χ1v) is 9.57. The molecule has 0 saturated carbocycles. The lowest BCUT2D eigenvalue weighted by atomic mass is 10.0. The largest absolute Gasteiger partial charge is 0.376 e. The number of hydrogen-bond acceptors (Lipinski definition) is 5. The standard InChI is InChI=1S/C20H25N5O2/c1-4-18(26)24(12-17-6-5-9-27-17)11-16-10-15-8-7-13(2)14(3)19(15)25-20(16)21-22-23-25/h7-8,10,17H,4-6,9,11-12H2,1-3H3. The summed E-state index contributed by atoms with van der Waals surface area (Å²) in [7, 11) is 0. The molecule has 142 valence electrons.